The number of aromatic nitrogens is 3. The van der Waals surface area contributed by atoms with E-state index in [1.54, 1.807) is 42.7 Å². The first-order valence-corrected chi connectivity index (χ1v) is 9.82. The lowest BCUT2D eigenvalue weighted by atomic mass is 10.2. The Labute approximate surface area is 158 Å². The minimum atomic E-state index is -3.52. The molecule has 0 radical (unpaired) electrons. The van der Waals surface area contributed by atoms with Gasteiger partial charge in [0.25, 0.3) is 0 Å². The zero-order chi connectivity index (χ0) is 19.1. The van der Waals surface area contributed by atoms with Crippen LogP contribution in [0.3, 0.4) is 0 Å². The predicted molar refractivity (Wildman–Crippen MR) is 104 cm³/mol. The smallest absolute Gasteiger partial charge is 0.240 e. The SMILES string of the molecule is Cc1cccc(S(=O)(=O)NCCNc2ccc(Nc3ccncc3)nn2)c1. The molecule has 0 saturated carbocycles. The van der Waals surface area contributed by atoms with Gasteiger partial charge in [0.2, 0.25) is 10.0 Å². The van der Waals surface area contributed by atoms with Crippen molar-refractivity contribution in [3.8, 4) is 0 Å². The number of sulfonamides is 1. The highest BCUT2D eigenvalue weighted by Crippen LogP contribution is 2.13. The lowest BCUT2D eigenvalue weighted by Gasteiger charge is -2.09. The summed E-state index contributed by atoms with van der Waals surface area (Å²) in [5.41, 5.74) is 1.76. The molecule has 0 atom stereocenters. The Hall–Kier alpha value is -3.04. The Bertz CT molecular complexity index is 978. The van der Waals surface area contributed by atoms with Crippen LogP contribution in [0, 0.1) is 6.92 Å². The molecule has 140 valence electrons. The van der Waals surface area contributed by atoms with E-state index in [1.807, 2.05) is 25.1 Å². The average molecular weight is 384 g/mol. The van der Waals surface area contributed by atoms with Crippen molar-refractivity contribution in [2.24, 2.45) is 0 Å². The maximum Gasteiger partial charge on any atom is 0.240 e. The molecule has 2 heterocycles. The van der Waals surface area contributed by atoms with E-state index in [0.717, 1.165) is 11.3 Å². The third-order valence-electron chi connectivity index (χ3n) is 3.64. The molecule has 0 spiro atoms. The first-order valence-electron chi connectivity index (χ1n) is 8.34. The van der Waals surface area contributed by atoms with Gasteiger partial charge >= 0.3 is 0 Å². The number of benzene rings is 1. The summed E-state index contributed by atoms with van der Waals surface area (Å²) in [6, 6.07) is 14.0. The minimum Gasteiger partial charge on any atom is -0.367 e. The van der Waals surface area contributed by atoms with E-state index in [4.69, 9.17) is 0 Å². The molecule has 2 aromatic heterocycles. The molecule has 27 heavy (non-hydrogen) atoms. The molecule has 8 nitrogen and oxygen atoms in total. The molecule has 0 amide bonds. The van der Waals surface area contributed by atoms with Gasteiger partial charge in [-0.15, -0.1) is 10.2 Å². The summed E-state index contributed by atoms with van der Waals surface area (Å²) in [5, 5.41) is 14.3. The van der Waals surface area contributed by atoms with E-state index in [1.165, 1.54) is 0 Å². The fourth-order valence-corrected chi connectivity index (χ4v) is 3.45. The molecule has 0 aliphatic carbocycles. The predicted octanol–water partition coefficient (Wildman–Crippen LogP) is 2.31. The summed E-state index contributed by atoms with van der Waals surface area (Å²) in [6.45, 7) is 2.47. The van der Waals surface area contributed by atoms with Crippen LogP contribution < -0.4 is 15.4 Å². The van der Waals surface area contributed by atoms with Crippen molar-refractivity contribution < 1.29 is 8.42 Å². The van der Waals surface area contributed by atoms with Gasteiger partial charge < -0.3 is 10.6 Å². The van der Waals surface area contributed by atoms with Crippen LogP contribution in [0.15, 0.2) is 65.8 Å². The summed E-state index contributed by atoms with van der Waals surface area (Å²) >= 11 is 0. The molecule has 3 N–H and O–H groups in total. The molecular formula is C18H20N6O2S. The van der Waals surface area contributed by atoms with Crippen LogP contribution in [0.25, 0.3) is 0 Å². The summed E-state index contributed by atoms with van der Waals surface area (Å²) in [4.78, 5) is 4.21. The third kappa shape index (κ3) is 5.47. The van der Waals surface area contributed by atoms with E-state index >= 15 is 0 Å². The number of rotatable bonds is 8. The van der Waals surface area contributed by atoms with Crippen molar-refractivity contribution in [2.75, 3.05) is 23.7 Å². The highest BCUT2D eigenvalue weighted by molar-refractivity contribution is 7.89. The molecular weight excluding hydrogens is 364 g/mol. The molecule has 0 saturated heterocycles. The van der Waals surface area contributed by atoms with Crippen LogP contribution in [-0.4, -0.2) is 36.7 Å². The van der Waals surface area contributed by atoms with E-state index in [-0.39, 0.29) is 11.4 Å². The van der Waals surface area contributed by atoms with E-state index in [0.29, 0.717) is 18.2 Å². The van der Waals surface area contributed by atoms with Gasteiger partial charge in [-0.2, -0.15) is 0 Å². The summed E-state index contributed by atoms with van der Waals surface area (Å²) in [6.07, 6.45) is 3.37. The molecule has 0 aliphatic heterocycles. The second kappa shape index (κ2) is 8.56. The number of pyridine rings is 1. The van der Waals surface area contributed by atoms with Crippen LogP contribution in [0.4, 0.5) is 17.3 Å². The van der Waals surface area contributed by atoms with E-state index in [9.17, 15) is 8.42 Å². The van der Waals surface area contributed by atoms with Gasteiger partial charge in [0.05, 0.1) is 4.90 Å². The zero-order valence-corrected chi connectivity index (χ0v) is 15.6. The molecule has 0 aliphatic rings. The van der Waals surface area contributed by atoms with Gasteiger partial charge in [-0.05, 0) is 48.9 Å². The first-order chi connectivity index (χ1) is 13.0. The third-order valence-corrected chi connectivity index (χ3v) is 5.10. The second-order valence-corrected chi connectivity index (χ2v) is 7.57. The Morgan fingerprint density at radius 2 is 1.67 bits per heavy atom. The Balaban J connectivity index is 1.48. The van der Waals surface area contributed by atoms with Crippen LogP contribution in [0.2, 0.25) is 0 Å². The molecule has 3 rings (SSSR count). The van der Waals surface area contributed by atoms with Crippen molar-refractivity contribution in [1.82, 2.24) is 19.9 Å². The standard InChI is InChI=1S/C18H20N6O2S/c1-14-3-2-4-16(13-14)27(25,26)21-12-11-20-17-5-6-18(24-23-17)22-15-7-9-19-10-8-15/h2-10,13,21H,11-12H2,1H3,(H,20,23)(H,19,22,24). The van der Waals surface area contributed by atoms with E-state index in [2.05, 4.69) is 30.5 Å². The lowest BCUT2D eigenvalue weighted by molar-refractivity contribution is 0.582. The first kappa shape index (κ1) is 18.7. The fourth-order valence-electron chi connectivity index (χ4n) is 2.32. The van der Waals surface area contributed by atoms with Crippen LogP contribution in [0.5, 0.6) is 0 Å². The van der Waals surface area contributed by atoms with Crippen molar-refractivity contribution in [1.29, 1.82) is 0 Å². The van der Waals surface area contributed by atoms with Gasteiger partial charge in [-0.1, -0.05) is 12.1 Å². The number of hydrogen-bond donors (Lipinski definition) is 3. The highest BCUT2D eigenvalue weighted by Gasteiger charge is 2.12. The summed E-state index contributed by atoms with van der Waals surface area (Å²) < 4.78 is 27.0. The van der Waals surface area contributed by atoms with Crippen LogP contribution in [-0.2, 0) is 10.0 Å². The maximum absolute atomic E-state index is 12.2. The molecule has 0 unspecified atom stereocenters. The zero-order valence-electron chi connectivity index (χ0n) is 14.8. The fraction of sp³-hybridized carbons (Fsp3) is 0.167. The lowest BCUT2D eigenvalue weighted by Crippen LogP contribution is -2.29. The maximum atomic E-state index is 12.2. The average Bonchev–Trinajstić information content (AvgIpc) is 2.67. The Kier molecular flexibility index (Phi) is 5.94. The summed E-state index contributed by atoms with van der Waals surface area (Å²) in [5.74, 6) is 1.16. The van der Waals surface area contributed by atoms with Gasteiger partial charge in [-0.3, -0.25) is 4.98 Å². The Morgan fingerprint density at radius 3 is 2.37 bits per heavy atom. The van der Waals surface area contributed by atoms with Gasteiger partial charge in [-0.25, -0.2) is 13.1 Å². The summed E-state index contributed by atoms with van der Waals surface area (Å²) in [7, 11) is -3.52. The van der Waals surface area contributed by atoms with Crippen molar-refractivity contribution >= 4 is 27.3 Å². The molecule has 1 aromatic carbocycles. The number of anilines is 3. The topological polar surface area (TPSA) is 109 Å². The van der Waals surface area contributed by atoms with Crippen LogP contribution >= 0.6 is 0 Å². The molecule has 0 fully saturated rings. The molecule has 0 bridgehead atoms. The van der Waals surface area contributed by atoms with Gasteiger partial charge in [0, 0.05) is 31.2 Å². The molecule has 3 aromatic rings. The minimum absolute atomic E-state index is 0.231. The highest BCUT2D eigenvalue weighted by atomic mass is 32.2. The largest absolute Gasteiger partial charge is 0.367 e. The molecule has 9 heteroatoms. The van der Waals surface area contributed by atoms with Crippen molar-refractivity contribution in [3.05, 3.63) is 66.5 Å². The number of nitrogens with one attached hydrogen (secondary N) is 3. The second-order valence-electron chi connectivity index (χ2n) is 5.81. The Morgan fingerprint density at radius 1 is 0.926 bits per heavy atom. The van der Waals surface area contributed by atoms with E-state index < -0.39 is 10.0 Å². The number of aryl methyl sites for hydroxylation is 1. The number of hydrogen-bond acceptors (Lipinski definition) is 7. The monoisotopic (exact) mass is 384 g/mol. The number of nitrogens with zero attached hydrogens (tertiary/aromatic N) is 3. The van der Waals surface area contributed by atoms with Gasteiger partial charge in [0.15, 0.2) is 5.82 Å². The van der Waals surface area contributed by atoms with Crippen molar-refractivity contribution in [3.63, 3.8) is 0 Å². The quantitative estimate of drug-likeness (QED) is 0.511. The van der Waals surface area contributed by atoms with Crippen LogP contribution in [0.1, 0.15) is 5.56 Å². The normalized spacial score (nSPS) is 11.1. The van der Waals surface area contributed by atoms with Gasteiger partial charge in [0.1, 0.15) is 5.82 Å². The van der Waals surface area contributed by atoms with Crippen molar-refractivity contribution in [2.45, 2.75) is 11.8 Å².